The van der Waals surface area contributed by atoms with Gasteiger partial charge < -0.3 is 9.88 Å². The molecule has 1 N–H and O–H groups in total. The lowest BCUT2D eigenvalue weighted by atomic mass is 10.1. The highest BCUT2D eigenvalue weighted by Crippen LogP contribution is 2.26. The lowest BCUT2D eigenvalue weighted by molar-refractivity contribution is -0.116. The van der Waals surface area contributed by atoms with Gasteiger partial charge in [0.05, 0.1) is 15.9 Å². The largest absolute Gasteiger partial charge is 0.328 e. The van der Waals surface area contributed by atoms with Crippen molar-refractivity contribution < 1.29 is 13.2 Å². The molecule has 1 amide bonds. The maximum atomic E-state index is 13.0. The second kappa shape index (κ2) is 9.65. The van der Waals surface area contributed by atoms with Crippen molar-refractivity contribution in [1.82, 2.24) is 13.9 Å². The van der Waals surface area contributed by atoms with Crippen LogP contribution in [0.2, 0.25) is 0 Å². The molecule has 1 aliphatic rings. The number of rotatable bonds is 8. The molecule has 0 bridgehead atoms. The van der Waals surface area contributed by atoms with Crippen molar-refractivity contribution in [2.75, 3.05) is 18.4 Å². The summed E-state index contributed by atoms with van der Waals surface area (Å²) in [6.07, 6.45) is 3.52. The van der Waals surface area contributed by atoms with Crippen LogP contribution in [0.5, 0.6) is 0 Å². The third kappa shape index (κ3) is 4.96. The quantitative estimate of drug-likeness (QED) is 0.530. The summed E-state index contributed by atoms with van der Waals surface area (Å²) in [5.74, 6) is 0.745. The fourth-order valence-electron chi connectivity index (χ4n) is 4.37. The molecule has 0 radical (unpaired) electrons. The number of carbonyl (C=O) groups is 1. The van der Waals surface area contributed by atoms with Crippen LogP contribution in [0.25, 0.3) is 11.0 Å². The maximum absolute atomic E-state index is 13.0. The van der Waals surface area contributed by atoms with Crippen LogP contribution >= 0.6 is 0 Å². The van der Waals surface area contributed by atoms with Gasteiger partial charge in [-0.3, -0.25) is 4.79 Å². The van der Waals surface area contributed by atoms with Crippen LogP contribution in [0.1, 0.15) is 49.6 Å². The molecule has 0 aliphatic carbocycles. The van der Waals surface area contributed by atoms with Crippen LogP contribution in [0.4, 0.5) is 5.69 Å². The number of nitrogens with zero attached hydrogens (tertiary/aromatic N) is 3. The first kappa shape index (κ1) is 23.4. The van der Waals surface area contributed by atoms with Gasteiger partial charge in [-0.15, -0.1) is 0 Å². The Balaban J connectivity index is 1.55. The summed E-state index contributed by atoms with van der Waals surface area (Å²) in [6, 6.07) is 11.2. The molecule has 8 heteroatoms. The Labute approximate surface area is 195 Å². The molecular formula is C25H32N4O3S. The van der Waals surface area contributed by atoms with Crippen LogP contribution in [-0.4, -0.2) is 41.3 Å². The van der Waals surface area contributed by atoms with Crippen molar-refractivity contribution in [1.29, 1.82) is 0 Å². The van der Waals surface area contributed by atoms with Crippen molar-refractivity contribution in [2.45, 2.75) is 64.3 Å². The molecule has 0 atom stereocenters. The molecule has 176 valence electrons. The number of fused-ring (bicyclic) bond motifs is 1. The van der Waals surface area contributed by atoms with Gasteiger partial charge >= 0.3 is 0 Å². The predicted octanol–water partition coefficient (Wildman–Crippen LogP) is 4.42. The number of sulfonamides is 1. The van der Waals surface area contributed by atoms with E-state index in [1.807, 2.05) is 38.1 Å². The molecule has 7 nitrogen and oxygen atoms in total. The standard InChI is InChI=1S/C25H32N4O3S/c1-4-13-29-23-10-9-20(33(31,32)28-14-5-6-15-28)17-22(23)26-24(29)11-12-25(30)27-21-16-18(2)7-8-19(21)3/h7-10,16-17H,4-6,11-15H2,1-3H3,(H,27,30). The first-order valence-corrected chi connectivity index (χ1v) is 13.1. The van der Waals surface area contributed by atoms with Gasteiger partial charge in [-0.2, -0.15) is 4.31 Å². The Morgan fingerprint density at radius 1 is 1.09 bits per heavy atom. The molecule has 3 aromatic rings. The van der Waals surface area contributed by atoms with Crippen LogP contribution in [0.15, 0.2) is 41.3 Å². The van der Waals surface area contributed by atoms with Gasteiger partial charge in [-0.25, -0.2) is 13.4 Å². The summed E-state index contributed by atoms with van der Waals surface area (Å²) in [5, 5.41) is 3.01. The summed E-state index contributed by atoms with van der Waals surface area (Å²) in [6.45, 7) is 7.98. The van der Waals surface area contributed by atoms with Gasteiger partial charge in [0.1, 0.15) is 5.82 Å². The van der Waals surface area contributed by atoms with Gasteiger partial charge in [0.2, 0.25) is 15.9 Å². The number of nitrogens with one attached hydrogen (secondary N) is 1. The van der Waals surface area contributed by atoms with Gasteiger partial charge in [0.25, 0.3) is 0 Å². The highest BCUT2D eigenvalue weighted by molar-refractivity contribution is 7.89. The fraction of sp³-hybridized carbons (Fsp3) is 0.440. The second-order valence-electron chi connectivity index (χ2n) is 8.81. The number of carbonyl (C=O) groups excluding carboxylic acids is 1. The molecule has 1 aliphatic heterocycles. The van der Waals surface area contributed by atoms with Crippen LogP contribution in [-0.2, 0) is 27.8 Å². The molecule has 1 fully saturated rings. The topological polar surface area (TPSA) is 84.3 Å². The van der Waals surface area contributed by atoms with E-state index >= 15 is 0 Å². The summed E-state index contributed by atoms with van der Waals surface area (Å²) >= 11 is 0. The molecule has 1 aromatic heterocycles. The number of benzene rings is 2. The predicted molar refractivity (Wildman–Crippen MR) is 131 cm³/mol. The van der Waals surface area contributed by atoms with Crippen molar-refractivity contribution in [3.05, 3.63) is 53.3 Å². The fourth-order valence-corrected chi connectivity index (χ4v) is 5.91. The molecule has 4 rings (SSSR count). The third-order valence-corrected chi connectivity index (χ3v) is 8.09. The summed E-state index contributed by atoms with van der Waals surface area (Å²) in [5.41, 5.74) is 4.52. The van der Waals surface area contributed by atoms with Crippen molar-refractivity contribution >= 4 is 32.7 Å². The number of hydrogen-bond acceptors (Lipinski definition) is 4. The van der Waals surface area contributed by atoms with E-state index in [1.165, 1.54) is 0 Å². The van der Waals surface area contributed by atoms with Crippen LogP contribution in [0, 0.1) is 13.8 Å². The Morgan fingerprint density at radius 3 is 2.58 bits per heavy atom. The van der Waals surface area contributed by atoms with Crippen molar-refractivity contribution in [3.63, 3.8) is 0 Å². The first-order valence-electron chi connectivity index (χ1n) is 11.7. The Kier molecular flexibility index (Phi) is 6.86. The van der Waals surface area contributed by atoms with E-state index < -0.39 is 10.0 Å². The van der Waals surface area contributed by atoms with Gasteiger partial charge in [-0.05, 0) is 68.5 Å². The Hall–Kier alpha value is -2.71. The number of aryl methyl sites for hydroxylation is 4. The molecule has 2 aromatic carbocycles. The summed E-state index contributed by atoms with van der Waals surface area (Å²) in [4.78, 5) is 17.7. The molecule has 1 saturated heterocycles. The van der Waals surface area contributed by atoms with E-state index in [-0.39, 0.29) is 10.8 Å². The van der Waals surface area contributed by atoms with Crippen LogP contribution < -0.4 is 5.32 Å². The van der Waals surface area contributed by atoms with E-state index in [9.17, 15) is 13.2 Å². The Morgan fingerprint density at radius 2 is 1.85 bits per heavy atom. The minimum absolute atomic E-state index is 0.0592. The third-order valence-electron chi connectivity index (χ3n) is 6.19. The van der Waals surface area contributed by atoms with E-state index in [4.69, 9.17) is 4.98 Å². The molecule has 33 heavy (non-hydrogen) atoms. The monoisotopic (exact) mass is 468 g/mol. The normalized spacial score (nSPS) is 14.8. The highest BCUT2D eigenvalue weighted by Gasteiger charge is 2.27. The van der Waals surface area contributed by atoms with E-state index in [2.05, 4.69) is 16.8 Å². The Bertz CT molecular complexity index is 1270. The van der Waals surface area contributed by atoms with Crippen molar-refractivity contribution in [2.24, 2.45) is 0 Å². The van der Waals surface area contributed by atoms with Gasteiger partial charge in [0.15, 0.2) is 0 Å². The number of amides is 1. The van der Waals surface area contributed by atoms with E-state index in [1.54, 1.807) is 16.4 Å². The highest BCUT2D eigenvalue weighted by atomic mass is 32.2. The van der Waals surface area contributed by atoms with Gasteiger partial charge in [0, 0.05) is 38.2 Å². The van der Waals surface area contributed by atoms with E-state index in [0.717, 1.165) is 54.0 Å². The van der Waals surface area contributed by atoms with Gasteiger partial charge in [-0.1, -0.05) is 19.1 Å². The smallest absolute Gasteiger partial charge is 0.243 e. The molecule has 0 saturated carbocycles. The summed E-state index contributed by atoms with van der Waals surface area (Å²) in [7, 11) is -3.49. The average molecular weight is 469 g/mol. The molecular weight excluding hydrogens is 436 g/mol. The minimum Gasteiger partial charge on any atom is -0.328 e. The number of anilines is 1. The first-order chi connectivity index (χ1) is 15.8. The number of imidazole rings is 1. The zero-order valence-electron chi connectivity index (χ0n) is 19.6. The molecule has 0 unspecified atom stereocenters. The zero-order chi connectivity index (χ0) is 23.6. The van der Waals surface area contributed by atoms with E-state index in [0.29, 0.717) is 31.4 Å². The zero-order valence-corrected chi connectivity index (χ0v) is 20.4. The minimum atomic E-state index is -3.49. The van der Waals surface area contributed by atoms with Crippen LogP contribution in [0.3, 0.4) is 0 Å². The SMILES string of the molecule is CCCn1c(CCC(=O)Nc2cc(C)ccc2C)nc2cc(S(=O)(=O)N3CCCC3)ccc21. The number of hydrogen-bond donors (Lipinski definition) is 1. The number of aromatic nitrogens is 2. The van der Waals surface area contributed by atoms with Crippen molar-refractivity contribution in [3.8, 4) is 0 Å². The lowest BCUT2D eigenvalue weighted by Crippen LogP contribution is -2.27. The maximum Gasteiger partial charge on any atom is 0.243 e. The lowest BCUT2D eigenvalue weighted by Gasteiger charge is -2.15. The molecule has 0 spiro atoms. The molecule has 2 heterocycles. The average Bonchev–Trinajstić information content (AvgIpc) is 3.44. The summed E-state index contributed by atoms with van der Waals surface area (Å²) < 4.78 is 29.6. The second-order valence-corrected chi connectivity index (χ2v) is 10.7.